The quantitative estimate of drug-likeness (QED) is 0.105. The normalized spacial score (nSPS) is 13.1. The first-order chi connectivity index (χ1) is 24.0. The Kier molecular flexibility index (Phi) is 13.0. The SMILES string of the molecule is CNC(CCO[Si](c1ccccc1)(c1ccccc1)C(C)(C)C)(CCO[Si](c1ccccc1)(c1ccccc1)C(C)(C)C)NC(=O)OC(C)(C)C. The standard InChI is InChI=1S/C43H60N2O4Si2/c1-40(2,3)49-39(46)45-43(44-10,31-33-47-50(41(4,5)6,35-23-15-11-16-24-35)36-25-17-12-18-26-36)32-34-48-51(42(7,8)9,37-27-19-13-20-28-37)38-29-21-14-22-30-38/h11-30,44H,31-34H2,1-10H3,(H,45,46). The van der Waals surface area contributed by atoms with E-state index in [1.165, 1.54) is 20.7 Å². The van der Waals surface area contributed by atoms with Crippen molar-refractivity contribution in [3.05, 3.63) is 121 Å². The Balaban J connectivity index is 1.72. The molecule has 0 heterocycles. The van der Waals surface area contributed by atoms with Crippen LogP contribution in [0.15, 0.2) is 121 Å². The highest BCUT2D eigenvalue weighted by Gasteiger charge is 2.52. The fraction of sp³-hybridized carbons (Fsp3) is 0.419. The maximum atomic E-state index is 13.5. The zero-order valence-electron chi connectivity index (χ0n) is 32.5. The summed E-state index contributed by atoms with van der Waals surface area (Å²) in [5.41, 5.74) is -1.53. The summed E-state index contributed by atoms with van der Waals surface area (Å²) in [6.45, 7) is 20.1. The first-order valence-corrected chi connectivity index (χ1v) is 22.0. The maximum Gasteiger partial charge on any atom is 0.409 e. The van der Waals surface area contributed by atoms with Crippen molar-refractivity contribution in [2.24, 2.45) is 0 Å². The van der Waals surface area contributed by atoms with Gasteiger partial charge in [0.1, 0.15) is 5.60 Å². The highest BCUT2D eigenvalue weighted by Crippen LogP contribution is 2.38. The lowest BCUT2D eigenvalue weighted by Gasteiger charge is -2.45. The predicted octanol–water partition coefficient (Wildman–Crippen LogP) is 7.36. The van der Waals surface area contributed by atoms with Gasteiger partial charge in [0.05, 0.1) is 5.66 Å². The van der Waals surface area contributed by atoms with Gasteiger partial charge < -0.3 is 18.9 Å². The molecule has 0 aliphatic heterocycles. The zero-order chi connectivity index (χ0) is 37.4. The van der Waals surface area contributed by atoms with Crippen LogP contribution in [0.1, 0.15) is 75.2 Å². The third kappa shape index (κ3) is 9.29. The van der Waals surface area contributed by atoms with Crippen molar-refractivity contribution in [1.29, 1.82) is 0 Å². The van der Waals surface area contributed by atoms with Gasteiger partial charge in [-0.05, 0) is 58.6 Å². The predicted molar refractivity (Wildman–Crippen MR) is 218 cm³/mol. The average molecular weight is 725 g/mol. The topological polar surface area (TPSA) is 68.8 Å². The average Bonchev–Trinajstić information content (AvgIpc) is 3.08. The van der Waals surface area contributed by atoms with Crippen LogP contribution < -0.4 is 31.4 Å². The minimum atomic E-state index is -2.81. The first-order valence-electron chi connectivity index (χ1n) is 18.2. The number of amides is 1. The molecule has 0 saturated carbocycles. The molecular weight excluding hydrogens is 665 g/mol. The van der Waals surface area contributed by atoms with E-state index in [-0.39, 0.29) is 10.1 Å². The summed E-state index contributed by atoms with van der Waals surface area (Å²) in [7, 11) is -3.73. The lowest BCUT2D eigenvalue weighted by molar-refractivity contribution is 0.0385. The number of rotatable bonds is 14. The Labute approximate surface area is 309 Å². The van der Waals surface area contributed by atoms with Gasteiger partial charge >= 0.3 is 6.09 Å². The smallest absolute Gasteiger partial charge is 0.409 e. The van der Waals surface area contributed by atoms with Crippen molar-refractivity contribution in [1.82, 2.24) is 10.6 Å². The van der Waals surface area contributed by atoms with Crippen molar-refractivity contribution in [2.75, 3.05) is 20.3 Å². The van der Waals surface area contributed by atoms with Crippen molar-refractivity contribution < 1.29 is 18.4 Å². The van der Waals surface area contributed by atoms with Gasteiger partial charge in [-0.15, -0.1) is 0 Å². The number of benzene rings is 4. The second-order valence-electron chi connectivity index (χ2n) is 16.5. The minimum Gasteiger partial charge on any atom is -0.444 e. The Morgan fingerprint density at radius 1 is 0.529 bits per heavy atom. The largest absolute Gasteiger partial charge is 0.444 e. The summed E-state index contributed by atoms with van der Waals surface area (Å²) in [4.78, 5) is 13.5. The lowest BCUT2D eigenvalue weighted by atomic mass is 10.0. The fourth-order valence-corrected chi connectivity index (χ4v) is 16.5. The van der Waals surface area contributed by atoms with Gasteiger partial charge in [-0.25, -0.2) is 4.79 Å². The number of hydrogen-bond acceptors (Lipinski definition) is 5. The van der Waals surface area contributed by atoms with Crippen molar-refractivity contribution in [2.45, 2.75) is 96.5 Å². The number of carbonyl (C=O) groups excluding carboxylic acids is 1. The zero-order valence-corrected chi connectivity index (χ0v) is 34.5. The molecule has 0 aliphatic rings. The molecule has 0 atom stereocenters. The van der Waals surface area contributed by atoms with Crippen molar-refractivity contribution >= 4 is 43.5 Å². The third-order valence-electron chi connectivity index (χ3n) is 9.75. The number of nitrogens with one attached hydrogen (secondary N) is 2. The van der Waals surface area contributed by atoms with E-state index in [0.29, 0.717) is 26.1 Å². The van der Waals surface area contributed by atoms with Crippen LogP contribution in [0.2, 0.25) is 10.1 Å². The second-order valence-corrected chi connectivity index (χ2v) is 25.1. The molecule has 1 amide bonds. The molecule has 274 valence electrons. The molecule has 0 saturated heterocycles. The lowest BCUT2D eigenvalue weighted by Crippen LogP contribution is -2.68. The minimum absolute atomic E-state index is 0.178. The Morgan fingerprint density at radius 2 is 0.824 bits per heavy atom. The molecule has 0 aliphatic carbocycles. The van der Waals surface area contributed by atoms with Crippen LogP contribution in [0.25, 0.3) is 0 Å². The molecule has 0 spiro atoms. The summed E-state index contributed by atoms with van der Waals surface area (Å²) in [6, 6.07) is 42.6. The third-order valence-corrected chi connectivity index (χ3v) is 19.8. The molecule has 51 heavy (non-hydrogen) atoms. The van der Waals surface area contributed by atoms with Crippen LogP contribution in [0.4, 0.5) is 4.79 Å². The molecular formula is C43H60N2O4Si2. The molecule has 0 unspecified atom stereocenters. The molecule has 0 radical (unpaired) electrons. The Morgan fingerprint density at radius 3 is 1.06 bits per heavy atom. The van der Waals surface area contributed by atoms with Gasteiger partial charge in [0.2, 0.25) is 0 Å². The van der Waals surface area contributed by atoms with E-state index in [2.05, 4.69) is 174 Å². The van der Waals surface area contributed by atoms with E-state index < -0.39 is 34.0 Å². The fourth-order valence-electron chi connectivity index (χ4n) is 7.34. The monoisotopic (exact) mass is 724 g/mol. The number of alkyl carbamates (subject to hydrolysis) is 1. The van der Waals surface area contributed by atoms with Crippen LogP contribution >= 0.6 is 0 Å². The molecule has 4 aromatic rings. The number of carbonyl (C=O) groups is 1. The van der Waals surface area contributed by atoms with E-state index in [9.17, 15) is 4.79 Å². The molecule has 2 N–H and O–H groups in total. The van der Waals surface area contributed by atoms with Gasteiger partial charge in [0.15, 0.2) is 0 Å². The van der Waals surface area contributed by atoms with Crippen LogP contribution in [0, 0.1) is 0 Å². The van der Waals surface area contributed by atoms with Crippen LogP contribution in [-0.4, -0.2) is 54.3 Å². The molecule has 0 fully saturated rings. The Hall–Kier alpha value is -3.54. The van der Waals surface area contributed by atoms with Crippen LogP contribution in [0.3, 0.4) is 0 Å². The van der Waals surface area contributed by atoms with Crippen LogP contribution in [0.5, 0.6) is 0 Å². The van der Waals surface area contributed by atoms with Gasteiger partial charge in [0.25, 0.3) is 16.6 Å². The van der Waals surface area contributed by atoms with E-state index in [1.54, 1.807) is 0 Å². The van der Waals surface area contributed by atoms with Gasteiger partial charge in [-0.3, -0.25) is 5.32 Å². The van der Waals surface area contributed by atoms with Gasteiger partial charge in [-0.1, -0.05) is 163 Å². The summed E-state index contributed by atoms with van der Waals surface area (Å²) >= 11 is 0. The molecule has 0 aromatic heterocycles. The second kappa shape index (κ2) is 16.4. The highest BCUT2D eigenvalue weighted by atomic mass is 28.4. The molecule has 0 bridgehead atoms. The van der Waals surface area contributed by atoms with Gasteiger partial charge in [-0.2, -0.15) is 0 Å². The summed E-state index contributed by atoms with van der Waals surface area (Å²) in [5.74, 6) is 0. The van der Waals surface area contributed by atoms with Crippen molar-refractivity contribution in [3.8, 4) is 0 Å². The Bertz CT molecular complexity index is 1460. The van der Waals surface area contributed by atoms with Crippen LogP contribution in [-0.2, 0) is 13.6 Å². The first kappa shape index (κ1) is 40.2. The highest BCUT2D eigenvalue weighted by molar-refractivity contribution is 7.00. The summed E-state index contributed by atoms with van der Waals surface area (Å²) in [6.07, 6.45) is 0.516. The number of ether oxygens (including phenoxy) is 1. The molecule has 4 aromatic carbocycles. The van der Waals surface area contributed by atoms with Crippen molar-refractivity contribution in [3.63, 3.8) is 0 Å². The molecule has 4 rings (SSSR count). The summed E-state index contributed by atoms with van der Waals surface area (Å²) < 4.78 is 20.5. The van der Waals surface area contributed by atoms with E-state index in [0.717, 1.165) is 0 Å². The molecule has 8 heteroatoms. The van der Waals surface area contributed by atoms with E-state index in [1.807, 2.05) is 27.8 Å². The summed E-state index contributed by atoms with van der Waals surface area (Å²) in [5, 5.41) is 11.3. The van der Waals surface area contributed by atoms with E-state index >= 15 is 0 Å². The maximum absolute atomic E-state index is 13.5. The number of hydrogen-bond donors (Lipinski definition) is 2. The molecule has 6 nitrogen and oxygen atoms in total. The van der Waals surface area contributed by atoms with Gasteiger partial charge in [0, 0.05) is 26.1 Å². The van der Waals surface area contributed by atoms with E-state index in [4.69, 9.17) is 13.6 Å².